The van der Waals surface area contributed by atoms with Crippen molar-refractivity contribution in [1.29, 1.82) is 0 Å². The van der Waals surface area contributed by atoms with Gasteiger partial charge in [-0.25, -0.2) is 0 Å². The molecule has 0 saturated heterocycles. The van der Waals surface area contributed by atoms with E-state index in [9.17, 15) is 0 Å². The van der Waals surface area contributed by atoms with E-state index in [1.165, 1.54) is 22.3 Å². The number of benzene rings is 4. The molecule has 0 atom stereocenters. The summed E-state index contributed by atoms with van der Waals surface area (Å²) in [6.45, 7) is 0. The van der Waals surface area contributed by atoms with Gasteiger partial charge in [-0.15, -0.1) is 0 Å². The number of nitrogens with two attached hydrogens (primary N) is 4. The van der Waals surface area contributed by atoms with Gasteiger partial charge >= 0.3 is 0 Å². The van der Waals surface area contributed by atoms with Crippen LogP contribution in [0.4, 0.5) is 22.7 Å². The zero-order valence-electron chi connectivity index (χ0n) is 18.4. The highest BCUT2D eigenvalue weighted by atomic mass is 14.5. The third-order valence-corrected chi connectivity index (χ3v) is 5.32. The van der Waals surface area contributed by atoms with Crippen LogP contribution >= 0.6 is 0 Å². The zero-order valence-corrected chi connectivity index (χ0v) is 18.4. The van der Waals surface area contributed by atoms with Crippen LogP contribution in [-0.2, 0) is 25.7 Å². The summed E-state index contributed by atoms with van der Waals surface area (Å²) in [6.07, 6.45) is 4.13. The summed E-state index contributed by atoms with van der Waals surface area (Å²) in [6, 6.07) is 32.2. The quantitative estimate of drug-likeness (QED) is 0.316. The van der Waals surface area contributed by atoms with Crippen LogP contribution in [0.15, 0.2) is 97.1 Å². The zero-order chi connectivity index (χ0) is 22.8. The molecule has 0 aliphatic rings. The first kappa shape index (κ1) is 22.8. The largest absolute Gasteiger partial charge is 0.399 e. The maximum absolute atomic E-state index is 5.64. The topological polar surface area (TPSA) is 104 Å². The van der Waals surface area contributed by atoms with Gasteiger partial charge in [-0.05, 0) is 96.5 Å². The molecule has 0 saturated carbocycles. The van der Waals surface area contributed by atoms with E-state index in [1.54, 1.807) is 0 Å². The average molecular weight is 425 g/mol. The fourth-order valence-electron chi connectivity index (χ4n) is 3.31. The molecule has 0 unspecified atom stereocenters. The minimum absolute atomic E-state index is 0.816. The molecule has 0 bridgehead atoms. The molecule has 0 spiro atoms. The van der Waals surface area contributed by atoms with Gasteiger partial charge in [0.1, 0.15) is 0 Å². The molecule has 0 aliphatic carbocycles. The molecule has 32 heavy (non-hydrogen) atoms. The van der Waals surface area contributed by atoms with Gasteiger partial charge in [-0.3, -0.25) is 0 Å². The van der Waals surface area contributed by atoms with E-state index in [-0.39, 0.29) is 0 Å². The summed E-state index contributed by atoms with van der Waals surface area (Å²) in [5, 5.41) is 0. The van der Waals surface area contributed by atoms with Gasteiger partial charge < -0.3 is 22.9 Å². The van der Waals surface area contributed by atoms with Crippen LogP contribution in [0.5, 0.6) is 0 Å². The van der Waals surface area contributed by atoms with Crippen LogP contribution in [0.2, 0.25) is 0 Å². The lowest BCUT2D eigenvalue weighted by Gasteiger charge is -2.03. The highest BCUT2D eigenvalue weighted by Crippen LogP contribution is 2.12. The third-order valence-electron chi connectivity index (χ3n) is 5.32. The number of aryl methyl sites for hydroxylation is 4. The van der Waals surface area contributed by atoms with E-state index in [2.05, 4.69) is 48.5 Å². The number of nitrogen functional groups attached to an aromatic ring is 4. The highest BCUT2D eigenvalue weighted by Gasteiger charge is 1.97. The standard InChI is InChI=1S/2C14H16N2/c2*15-13-7-3-11(4-8-13)1-2-12-5-9-14(16)10-6-12/h2*3-10H,1-2,15-16H2. The van der Waals surface area contributed by atoms with Crippen molar-refractivity contribution >= 4 is 22.7 Å². The Morgan fingerprint density at radius 2 is 0.438 bits per heavy atom. The molecule has 0 aromatic heterocycles. The van der Waals surface area contributed by atoms with Gasteiger partial charge in [0.15, 0.2) is 0 Å². The summed E-state index contributed by atoms with van der Waals surface area (Å²) in [5.41, 5.74) is 31.1. The van der Waals surface area contributed by atoms with Crippen molar-refractivity contribution in [3.8, 4) is 0 Å². The molecular formula is C28H32N4. The minimum Gasteiger partial charge on any atom is -0.399 e. The normalized spacial score (nSPS) is 10.2. The number of anilines is 4. The van der Waals surface area contributed by atoms with Crippen LogP contribution in [0.1, 0.15) is 22.3 Å². The molecule has 0 amide bonds. The minimum atomic E-state index is 0.816. The van der Waals surface area contributed by atoms with Gasteiger partial charge in [0.2, 0.25) is 0 Å². The van der Waals surface area contributed by atoms with Gasteiger partial charge in [0.25, 0.3) is 0 Å². The first-order valence-corrected chi connectivity index (χ1v) is 10.9. The molecule has 8 N–H and O–H groups in total. The second-order valence-electron chi connectivity index (χ2n) is 7.97. The van der Waals surface area contributed by atoms with Crippen LogP contribution in [-0.4, -0.2) is 0 Å². The lowest BCUT2D eigenvalue weighted by molar-refractivity contribution is 0.961. The van der Waals surface area contributed by atoms with Crippen LogP contribution < -0.4 is 22.9 Å². The second kappa shape index (κ2) is 11.5. The summed E-state index contributed by atoms with van der Waals surface area (Å²) in [7, 11) is 0. The van der Waals surface area contributed by atoms with Crippen LogP contribution in [0.25, 0.3) is 0 Å². The SMILES string of the molecule is Nc1ccc(CCc2ccc(N)cc2)cc1.Nc1ccc(CCc2ccc(N)cc2)cc1. The average Bonchev–Trinajstić information content (AvgIpc) is 2.81. The predicted molar refractivity (Wildman–Crippen MR) is 138 cm³/mol. The Kier molecular flexibility index (Phi) is 8.15. The molecule has 0 heterocycles. The first-order chi connectivity index (χ1) is 15.5. The lowest BCUT2D eigenvalue weighted by Crippen LogP contribution is -1.93. The maximum atomic E-state index is 5.64. The molecule has 0 fully saturated rings. The Morgan fingerprint density at radius 3 is 0.594 bits per heavy atom. The summed E-state index contributed by atoms with van der Waals surface area (Å²) >= 11 is 0. The molecule has 4 heteroatoms. The van der Waals surface area contributed by atoms with Crippen molar-refractivity contribution < 1.29 is 0 Å². The third kappa shape index (κ3) is 7.73. The van der Waals surface area contributed by atoms with Crippen molar-refractivity contribution in [2.45, 2.75) is 25.7 Å². The van der Waals surface area contributed by atoms with E-state index >= 15 is 0 Å². The van der Waals surface area contributed by atoms with Crippen molar-refractivity contribution in [1.82, 2.24) is 0 Å². The number of hydrogen-bond donors (Lipinski definition) is 4. The Hall–Kier alpha value is -3.92. The maximum Gasteiger partial charge on any atom is 0.0314 e. The molecule has 0 aliphatic heterocycles. The Labute approximate surface area is 190 Å². The van der Waals surface area contributed by atoms with E-state index in [0.717, 1.165) is 48.4 Å². The molecule has 0 radical (unpaired) electrons. The van der Waals surface area contributed by atoms with E-state index in [4.69, 9.17) is 22.9 Å². The fourth-order valence-corrected chi connectivity index (χ4v) is 3.31. The number of hydrogen-bond acceptors (Lipinski definition) is 4. The van der Waals surface area contributed by atoms with Crippen molar-refractivity contribution in [2.24, 2.45) is 0 Å². The predicted octanol–water partition coefficient (Wildman–Crippen LogP) is 5.27. The van der Waals surface area contributed by atoms with E-state index in [1.807, 2.05) is 48.5 Å². The van der Waals surface area contributed by atoms with E-state index in [0.29, 0.717) is 0 Å². The molecular weight excluding hydrogens is 392 g/mol. The Morgan fingerprint density at radius 1 is 0.281 bits per heavy atom. The van der Waals surface area contributed by atoms with Crippen molar-refractivity contribution in [2.75, 3.05) is 22.9 Å². The second-order valence-corrected chi connectivity index (χ2v) is 7.97. The molecule has 4 nitrogen and oxygen atoms in total. The Bertz CT molecular complexity index is 886. The van der Waals surface area contributed by atoms with Crippen molar-refractivity contribution in [3.63, 3.8) is 0 Å². The fraction of sp³-hybridized carbons (Fsp3) is 0.143. The monoisotopic (exact) mass is 424 g/mol. The lowest BCUT2D eigenvalue weighted by atomic mass is 10.0. The first-order valence-electron chi connectivity index (χ1n) is 10.9. The summed E-state index contributed by atoms with van der Waals surface area (Å²) in [4.78, 5) is 0. The molecule has 4 rings (SSSR count). The van der Waals surface area contributed by atoms with Crippen LogP contribution in [0.3, 0.4) is 0 Å². The van der Waals surface area contributed by atoms with Gasteiger partial charge in [-0.1, -0.05) is 48.5 Å². The summed E-state index contributed by atoms with van der Waals surface area (Å²) in [5.74, 6) is 0. The smallest absolute Gasteiger partial charge is 0.0314 e. The van der Waals surface area contributed by atoms with E-state index < -0.39 is 0 Å². The molecule has 4 aromatic rings. The van der Waals surface area contributed by atoms with Crippen LogP contribution in [0, 0.1) is 0 Å². The molecule has 164 valence electrons. The molecule has 4 aromatic carbocycles. The highest BCUT2D eigenvalue weighted by molar-refractivity contribution is 5.42. The Balaban J connectivity index is 0.000000181. The van der Waals surface area contributed by atoms with Crippen molar-refractivity contribution in [3.05, 3.63) is 119 Å². The summed E-state index contributed by atoms with van der Waals surface area (Å²) < 4.78 is 0. The van der Waals surface area contributed by atoms with Gasteiger partial charge in [-0.2, -0.15) is 0 Å². The van der Waals surface area contributed by atoms with Gasteiger partial charge in [0, 0.05) is 22.7 Å². The van der Waals surface area contributed by atoms with Gasteiger partial charge in [0.05, 0.1) is 0 Å². The number of rotatable bonds is 6.